The molecule has 1 heterocycles. The van der Waals surface area contributed by atoms with Crippen LogP contribution in [0.4, 0.5) is 4.39 Å². The zero-order chi connectivity index (χ0) is 13.1. The Balaban J connectivity index is 2.06. The van der Waals surface area contributed by atoms with Crippen LogP contribution in [0.25, 0.3) is 0 Å². The first-order valence-corrected chi connectivity index (χ1v) is 7.01. The quantitative estimate of drug-likeness (QED) is 0.910. The van der Waals surface area contributed by atoms with E-state index in [9.17, 15) is 9.18 Å². The van der Waals surface area contributed by atoms with Crippen molar-refractivity contribution in [3.63, 3.8) is 0 Å². The summed E-state index contributed by atoms with van der Waals surface area (Å²) in [6.45, 7) is 2.06. The van der Waals surface area contributed by atoms with Gasteiger partial charge in [-0.1, -0.05) is 15.9 Å². The molecule has 0 aliphatic rings. The summed E-state index contributed by atoms with van der Waals surface area (Å²) in [6, 6.07) is 6.56. The van der Waals surface area contributed by atoms with E-state index < -0.39 is 0 Å². The van der Waals surface area contributed by atoms with Gasteiger partial charge >= 0.3 is 0 Å². The summed E-state index contributed by atoms with van der Waals surface area (Å²) < 4.78 is 14.3. The summed E-state index contributed by atoms with van der Waals surface area (Å²) in [5.74, 6) is -0.483. The molecule has 0 radical (unpaired) electrons. The van der Waals surface area contributed by atoms with Gasteiger partial charge in [-0.2, -0.15) is 0 Å². The van der Waals surface area contributed by atoms with Gasteiger partial charge in [0, 0.05) is 16.6 Å². The van der Waals surface area contributed by atoms with E-state index in [0.717, 1.165) is 10.0 Å². The highest BCUT2D eigenvalue weighted by Crippen LogP contribution is 2.17. The largest absolute Gasteiger partial charge is 0.347 e. The number of aryl methyl sites for hydroxylation is 1. The standard InChI is InChI=1S/C13H11BrFNOS/c1-8-4-5-18-12(8)13(17)16-7-9-6-10(14)2-3-11(9)15/h2-6H,7H2,1H3,(H,16,17). The molecule has 0 aliphatic heterocycles. The molecule has 1 amide bonds. The van der Waals surface area contributed by atoms with Crippen molar-refractivity contribution in [2.45, 2.75) is 13.5 Å². The number of hydrogen-bond donors (Lipinski definition) is 1. The first-order valence-electron chi connectivity index (χ1n) is 5.34. The summed E-state index contributed by atoms with van der Waals surface area (Å²) >= 11 is 4.66. The average molecular weight is 328 g/mol. The van der Waals surface area contributed by atoms with Gasteiger partial charge in [-0.15, -0.1) is 11.3 Å². The molecule has 5 heteroatoms. The van der Waals surface area contributed by atoms with Crippen molar-refractivity contribution < 1.29 is 9.18 Å². The van der Waals surface area contributed by atoms with Crippen molar-refractivity contribution in [1.82, 2.24) is 5.32 Å². The zero-order valence-electron chi connectivity index (χ0n) is 9.67. The Morgan fingerprint density at radius 3 is 2.89 bits per heavy atom. The highest BCUT2D eigenvalue weighted by molar-refractivity contribution is 9.10. The lowest BCUT2D eigenvalue weighted by molar-refractivity contribution is 0.0954. The summed E-state index contributed by atoms with van der Waals surface area (Å²) in [4.78, 5) is 12.5. The van der Waals surface area contributed by atoms with Crippen LogP contribution in [0.3, 0.4) is 0 Å². The molecule has 0 saturated carbocycles. The van der Waals surface area contributed by atoms with E-state index in [4.69, 9.17) is 0 Å². The topological polar surface area (TPSA) is 29.1 Å². The normalized spacial score (nSPS) is 10.4. The third-order valence-electron chi connectivity index (χ3n) is 2.52. The molecule has 0 atom stereocenters. The third-order valence-corrected chi connectivity index (χ3v) is 4.02. The number of rotatable bonds is 3. The molecule has 1 N–H and O–H groups in total. The lowest BCUT2D eigenvalue weighted by Crippen LogP contribution is -2.23. The van der Waals surface area contributed by atoms with E-state index in [0.29, 0.717) is 10.4 Å². The minimum Gasteiger partial charge on any atom is -0.347 e. The minimum absolute atomic E-state index is 0.165. The Labute approximate surface area is 117 Å². The maximum atomic E-state index is 13.5. The van der Waals surface area contributed by atoms with E-state index in [1.165, 1.54) is 17.4 Å². The van der Waals surface area contributed by atoms with Crippen molar-refractivity contribution in [1.29, 1.82) is 0 Å². The number of carbonyl (C=O) groups is 1. The summed E-state index contributed by atoms with van der Waals surface area (Å²) in [6.07, 6.45) is 0. The maximum Gasteiger partial charge on any atom is 0.261 e. The zero-order valence-corrected chi connectivity index (χ0v) is 12.1. The second kappa shape index (κ2) is 5.63. The summed E-state index contributed by atoms with van der Waals surface area (Å²) in [5.41, 5.74) is 1.40. The molecule has 2 aromatic rings. The Hall–Kier alpha value is -1.20. The van der Waals surface area contributed by atoms with Gasteiger partial charge in [-0.25, -0.2) is 4.39 Å². The van der Waals surface area contributed by atoms with Crippen LogP contribution in [-0.2, 0) is 6.54 Å². The van der Waals surface area contributed by atoms with Crippen molar-refractivity contribution in [3.05, 3.63) is 55.9 Å². The molecule has 0 aliphatic carbocycles. The molecule has 0 bridgehead atoms. The van der Waals surface area contributed by atoms with Crippen molar-refractivity contribution >= 4 is 33.2 Å². The Morgan fingerprint density at radius 1 is 1.44 bits per heavy atom. The lowest BCUT2D eigenvalue weighted by atomic mass is 10.2. The SMILES string of the molecule is Cc1ccsc1C(=O)NCc1cc(Br)ccc1F. The molecular formula is C13H11BrFNOS. The van der Waals surface area contributed by atoms with E-state index in [1.807, 2.05) is 18.4 Å². The number of thiophene rings is 1. The van der Waals surface area contributed by atoms with Crippen molar-refractivity contribution in [2.75, 3.05) is 0 Å². The molecule has 2 nitrogen and oxygen atoms in total. The Bertz CT molecular complexity index is 582. The first-order chi connectivity index (χ1) is 8.58. The van der Waals surface area contributed by atoms with E-state index in [-0.39, 0.29) is 18.3 Å². The van der Waals surface area contributed by atoms with Crippen molar-refractivity contribution in [3.8, 4) is 0 Å². The molecule has 2 rings (SSSR count). The van der Waals surface area contributed by atoms with Gasteiger partial charge in [0.05, 0.1) is 4.88 Å². The van der Waals surface area contributed by atoms with Gasteiger partial charge in [0.25, 0.3) is 5.91 Å². The molecular weight excluding hydrogens is 317 g/mol. The smallest absolute Gasteiger partial charge is 0.261 e. The molecule has 0 saturated heterocycles. The number of halogens is 2. The maximum absolute atomic E-state index is 13.5. The fourth-order valence-corrected chi connectivity index (χ4v) is 2.79. The van der Waals surface area contributed by atoms with Gasteiger partial charge in [0.1, 0.15) is 5.82 Å². The molecule has 1 aromatic heterocycles. The van der Waals surface area contributed by atoms with Crippen LogP contribution in [0.1, 0.15) is 20.8 Å². The monoisotopic (exact) mass is 327 g/mol. The summed E-state index contributed by atoms with van der Waals surface area (Å²) in [7, 11) is 0. The number of carbonyl (C=O) groups excluding carboxylic acids is 1. The van der Waals surface area contributed by atoms with Crippen LogP contribution in [0.2, 0.25) is 0 Å². The van der Waals surface area contributed by atoms with Gasteiger partial charge in [-0.3, -0.25) is 4.79 Å². The minimum atomic E-state index is -0.318. The third kappa shape index (κ3) is 2.97. The second-order valence-electron chi connectivity index (χ2n) is 3.85. The Kier molecular flexibility index (Phi) is 4.14. The Morgan fingerprint density at radius 2 is 2.22 bits per heavy atom. The highest BCUT2D eigenvalue weighted by atomic mass is 79.9. The van der Waals surface area contributed by atoms with Gasteiger partial charge < -0.3 is 5.32 Å². The van der Waals surface area contributed by atoms with Crippen LogP contribution in [0, 0.1) is 12.7 Å². The van der Waals surface area contributed by atoms with Crippen LogP contribution in [-0.4, -0.2) is 5.91 Å². The van der Waals surface area contributed by atoms with E-state index >= 15 is 0 Å². The highest BCUT2D eigenvalue weighted by Gasteiger charge is 2.11. The number of hydrogen-bond acceptors (Lipinski definition) is 2. The lowest BCUT2D eigenvalue weighted by Gasteiger charge is -2.06. The molecule has 0 fully saturated rings. The number of nitrogens with one attached hydrogen (secondary N) is 1. The fourth-order valence-electron chi connectivity index (χ4n) is 1.54. The predicted molar refractivity (Wildman–Crippen MR) is 74.3 cm³/mol. The van der Waals surface area contributed by atoms with E-state index in [2.05, 4.69) is 21.2 Å². The van der Waals surface area contributed by atoms with Crippen LogP contribution in [0.15, 0.2) is 34.1 Å². The molecule has 0 spiro atoms. The van der Waals surface area contributed by atoms with Crippen LogP contribution < -0.4 is 5.32 Å². The van der Waals surface area contributed by atoms with Gasteiger partial charge in [-0.05, 0) is 42.1 Å². The fraction of sp³-hybridized carbons (Fsp3) is 0.154. The first kappa shape index (κ1) is 13.2. The molecule has 1 aromatic carbocycles. The van der Waals surface area contributed by atoms with Gasteiger partial charge in [0.15, 0.2) is 0 Å². The predicted octanol–water partition coefficient (Wildman–Crippen LogP) is 3.89. The molecule has 18 heavy (non-hydrogen) atoms. The number of amides is 1. The van der Waals surface area contributed by atoms with Crippen molar-refractivity contribution in [2.24, 2.45) is 0 Å². The molecule has 0 unspecified atom stereocenters. The summed E-state index contributed by atoms with van der Waals surface area (Å²) in [5, 5.41) is 4.59. The average Bonchev–Trinajstić information content (AvgIpc) is 2.76. The van der Waals surface area contributed by atoms with E-state index in [1.54, 1.807) is 12.1 Å². The molecule has 94 valence electrons. The van der Waals surface area contributed by atoms with Gasteiger partial charge in [0.2, 0.25) is 0 Å². The van der Waals surface area contributed by atoms with Crippen LogP contribution in [0.5, 0.6) is 0 Å². The number of benzene rings is 1. The second-order valence-corrected chi connectivity index (χ2v) is 5.68. The van der Waals surface area contributed by atoms with Crippen LogP contribution >= 0.6 is 27.3 Å².